The highest BCUT2D eigenvalue weighted by molar-refractivity contribution is 7.87. The van der Waals surface area contributed by atoms with Crippen molar-refractivity contribution in [1.29, 1.82) is 0 Å². The highest BCUT2D eigenvalue weighted by Crippen LogP contribution is 2.51. The molecule has 3 aliphatic rings. The lowest BCUT2D eigenvalue weighted by Crippen LogP contribution is -2.27. The molecule has 2 aliphatic heterocycles. The predicted octanol–water partition coefficient (Wildman–Crippen LogP) is 6.89. The number of nitrogens with zero attached hydrogens (tertiary/aromatic N) is 2. The molecular weight excluding hydrogens is 829 g/mol. The van der Waals surface area contributed by atoms with Crippen LogP contribution in [0.4, 0.5) is 11.4 Å². The fourth-order valence-corrected chi connectivity index (χ4v) is 11.5. The van der Waals surface area contributed by atoms with Gasteiger partial charge in [0.05, 0.1) is 15.2 Å². The second kappa shape index (κ2) is 13.5. The quantitative estimate of drug-likeness (QED) is 0.110. The van der Waals surface area contributed by atoms with Crippen LogP contribution in [-0.4, -0.2) is 76.3 Å². The summed E-state index contributed by atoms with van der Waals surface area (Å²) in [7, 11) is -15.7. The predicted molar refractivity (Wildman–Crippen MR) is 220 cm³/mol. The Hall–Kier alpha value is -4.53. The Balaban J connectivity index is 1.25. The third-order valence-electron chi connectivity index (χ3n) is 11.4. The Morgan fingerprint density at radius 3 is 1.71 bits per heavy atom. The molecule has 18 heteroatoms. The fourth-order valence-electron chi connectivity index (χ4n) is 8.83. The van der Waals surface area contributed by atoms with Crippen LogP contribution in [0.3, 0.4) is 0 Å². The van der Waals surface area contributed by atoms with Crippen molar-refractivity contribution in [3.05, 3.63) is 107 Å². The van der Waals surface area contributed by atoms with Crippen molar-refractivity contribution in [1.82, 2.24) is 0 Å². The normalized spacial score (nSPS) is 19.8. The van der Waals surface area contributed by atoms with Gasteiger partial charge in [0.15, 0.2) is 5.71 Å². The first-order valence-electron chi connectivity index (χ1n) is 17.9. The third kappa shape index (κ3) is 6.94. The molecule has 0 spiro atoms. The van der Waals surface area contributed by atoms with Crippen molar-refractivity contribution >= 4 is 79.1 Å². The van der Waals surface area contributed by atoms with E-state index in [2.05, 4.69) is 6.08 Å². The molecule has 0 fully saturated rings. The van der Waals surface area contributed by atoms with E-state index in [0.29, 0.717) is 22.5 Å². The molecule has 7 rings (SSSR count). The SMILES string of the molecule is CN1/C(=C/C=C2C=C(/C=C/C3=[N+](C)c4ccc5c(S(=O)(=O)O)cc(S(=O)(=O)O)cc5c4C3(C)C)CCC/2)C(C)(C)c2c1ccc1c(S(=O)(=O)O)cc(S(=O)(=O)O)cc21. The fraction of sp³-hybridized carbons (Fsp3) is 0.275. The molecule has 14 nitrogen and oxygen atoms in total. The summed E-state index contributed by atoms with van der Waals surface area (Å²) in [5.74, 6) is 0. The van der Waals surface area contributed by atoms with E-state index in [-0.39, 0.29) is 21.5 Å². The Labute approximate surface area is 337 Å². The largest absolute Gasteiger partial charge is 0.347 e. The Kier molecular flexibility index (Phi) is 9.69. The molecular formula is C40H41N2O12S4+. The van der Waals surface area contributed by atoms with E-state index >= 15 is 0 Å². The van der Waals surface area contributed by atoms with E-state index in [1.54, 1.807) is 12.1 Å². The molecule has 0 bridgehead atoms. The molecule has 0 radical (unpaired) electrons. The zero-order valence-corrected chi connectivity index (χ0v) is 35.5. The van der Waals surface area contributed by atoms with Gasteiger partial charge in [0.2, 0.25) is 5.69 Å². The number of fused-ring (bicyclic) bond motifs is 6. The molecule has 306 valence electrons. The molecule has 2 heterocycles. The lowest BCUT2D eigenvalue weighted by molar-refractivity contribution is -0.401. The van der Waals surface area contributed by atoms with Gasteiger partial charge in [0.1, 0.15) is 16.8 Å². The van der Waals surface area contributed by atoms with Crippen LogP contribution >= 0.6 is 0 Å². The monoisotopic (exact) mass is 869 g/mol. The van der Waals surface area contributed by atoms with E-state index in [4.69, 9.17) is 0 Å². The van der Waals surface area contributed by atoms with E-state index in [9.17, 15) is 51.9 Å². The second-order valence-corrected chi connectivity index (χ2v) is 21.4. The Morgan fingerprint density at radius 2 is 1.17 bits per heavy atom. The summed E-state index contributed by atoms with van der Waals surface area (Å²) in [6.45, 7) is 7.68. The number of hydrogen-bond donors (Lipinski definition) is 4. The first kappa shape index (κ1) is 41.6. The van der Waals surface area contributed by atoms with Crippen LogP contribution < -0.4 is 4.90 Å². The molecule has 0 saturated carbocycles. The minimum Gasteiger partial charge on any atom is -0.347 e. The van der Waals surface area contributed by atoms with Gasteiger partial charge in [-0.25, -0.2) is 0 Å². The highest BCUT2D eigenvalue weighted by Gasteiger charge is 2.45. The van der Waals surface area contributed by atoms with Gasteiger partial charge in [-0.2, -0.15) is 38.2 Å². The van der Waals surface area contributed by atoms with Crippen LogP contribution in [0, 0.1) is 0 Å². The number of hydrogen-bond acceptors (Lipinski definition) is 9. The Bertz CT molecular complexity index is 3160. The number of likely N-dealkylation sites (N-methyl/N-ethyl adjacent to an activating group) is 1. The minimum absolute atomic E-state index is 0.109. The molecule has 0 unspecified atom stereocenters. The third-order valence-corrected chi connectivity index (χ3v) is 14.9. The van der Waals surface area contributed by atoms with Gasteiger partial charge in [-0.15, -0.1) is 0 Å². The van der Waals surface area contributed by atoms with E-state index in [1.165, 1.54) is 24.3 Å². The first-order chi connectivity index (χ1) is 26.6. The van der Waals surface area contributed by atoms with Gasteiger partial charge in [-0.05, 0) is 103 Å². The molecule has 4 aromatic carbocycles. The van der Waals surface area contributed by atoms with Crippen molar-refractivity contribution in [2.45, 2.75) is 77.4 Å². The number of anilines is 1. The maximum atomic E-state index is 12.4. The molecule has 1 aliphatic carbocycles. The van der Waals surface area contributed by atoms with Crippen LogP contribution in [0.15, 0.2) is 115 Å². The first-order valence-corrected chi connectivity index (χ1v) is 23.7. The lowest BCUT2D eigenvalue weighted by Gasteiger charge is -2.24. The van der Waals surface area contributed by atoms with Gasteiger partial charge in [-0.1, -0.05) is 38.1 Å². The minimum atomic E-state index is -4.87. The second-order valence-electron chi connectivity index (χ2n) is 15.8. The molecule has 58 heavy (non-hydrogen) atoms. The zero-order chi connectivity index (χ0) is 42.7. The maximum Gasteiger partial charge on any atom is 0.295 e. The average Bonchev–Trinajstić information content (AvgIpc) is 3.43. The van der Waals surface area contributed by atoms with Crippen LogP contribution in [-0.2, 0) is 51.3 Å². The Morgan fingerprint density at radius 1 is 0.638 bits per heavy atom. The summed E-state index contributed by atoms with van der Waals surface area (Å²) in [4.78, 5) is -0.655. The van der Waals surface area contributed by atoms with Crippen LogP contribution in [0.5, 0.6) is 0 Å². The standard InChI is InChI=1S/C40H40N2O12S4/c1-39(2)35(41(5)31-14-12-27-29(37(31)39)19-25(55(43,44)45)21-33(27)57(49,50)51)16-10-23-8-7-9-24(18-23)11-17-36-40(3,4)38-30-20-26(56(46,47)48)22-34(58(52,53)54)28(30)13-15-32(38)42(36)6/h10-22H,7-9H2,1-6H3,(H3-,43,44,45,46,47,48,49,50,51,52,53,54)/p+1. The molecule has 4 N–H and O–H groups in total. The van der Waals surface area contributed by atoms with Gasteiger partial charge in [0, 0.05) is 52.3 Å². The zero-order valence-electron chi connectivity index (χ0n) is 32.2. The highest BCUT2D eigenvalue weighted by atomic mass is 32.2. The van der Waals surface area contributed by atoms with Gasteiger partial charge < -0.3 is 4.90 Å². The van der Waals surface area contributed by atoms with E-state index < -0.39 is 70.9 Å². The average molecular weight is 870 g/mol. The lowest BCUT2D eigenvalue weighted by atomic mass is 9.78. The van der Waals surface area contributed by atoms with Crippen molar-refractivity contribution in [2.75, 3.05) is 19.0 Å². The van der Waals surface area contributed by atoms with Crippen molar-refractivity contribution < 1.29 is 56.5 Å². The summed E-state index contributed by atoms with van der Waals surface area (Å²) in [5.41, 5.74) is 4.76. The topological polar surface area (TPSA) is 224 Å². The van der Waals surface area contributed by atoms with Crippen LogP contribution in [0.1, 0.15) is 58.1 Å². The summed E-state index contributed by atoms with van der Waals surface area (Å²) < 4.78 is 140. The summed E-state index contributed by atoms with van der Waals surface area (Å²) in [6.07, 6.45) is 12.4. The summed E-state index contributed by atoms with van der Waals surface area (Å²) in [6, 6.07) is 10.3. The number of benzene rings is 4. The van der Waals surface area contributed by atoms with Gasteiger partial charge in [0.25, 0.3) is 40.5 Å². The summed E-state index contributed by atoms with van der Waals surface area (Å²) in [5, 5.41) is 0.723. The molecule has 4 aromatic rings. The van der Waals surface area contributed by atoms with Gasteiger partial charge >= 0.3 is 0 Å². The smallest absolute Gasteiger partial charge is 0.295 e. The van der Waals surface area contributed by atoms with E-state index in [0.717, 1.165) is 54.0 Å². The van der Waals surface area contributed by atoms with Crippen LogP contribution in [0.25, 0.3) is 21.5 Å². The van der Waals surface area contributed by atoms with Crippen molar-refractivity contribution in [3.63, 3.8) is 0 Å². The van der Waals surface area contributed by atoms with Crippen molar-refractivity contribution in [3.8, 4) is 0 Å². The number of allylic oxidation sites excluding steroid dienone is 8. The van der Waals surface area contributed by atoms with Gasteiger partial charge in [-0.3, -0.25) is 18.2 Å². The van der Waals surface area contributed by atoms with Crippen molar-refractivity contribution in [2.24, 2.45) is 0 Å². The maximum absolute atomic E-state index is 12.4. The molecule has 0 saturated heterocycles. The van der Waals surface area contributed by atoms with Crippen LogP contribution in [0.2, 0.25) is 0 Å². The molecule has 0 amide bonds. The number of rotatable bonds is 7. The van der Waals surface area contributed by atoms with E-state index in [1.807, 2.05) is 75.6 Å². The molecule has 0 atom stereocenters. The molecule has 0 aromatic heterocycles. The summed E-state index contributed by atoms with van der Waals surface area (Å²) >= 11 is 0.